The highest BCUT2D eigenvalue weighted by Gasteiger charge is 2.04. The van der Waals surface area contributed by atoms with E-state index < -0.39 is 0 Å². The quantitative estimate of drug-likeness (QED) is 0.462. The summed E-state index contributed by atoms with van der Waals surface area (Å²) in [6.45, 7) is 1.94. The molecule has 3 heterocycles. The van der Waals surface area contributed by atoms with E-state index in [2.05, 4.69) is 40.8 Å². The standard InChI is InChI=1S/C15H14N8/c1-9-4-13(23-22-9)20-15-7-16-6-14(21-15)19-10-2-3-11-12(5-10)18-8-17-11/h2-8H,1H3,(H,17,18)(H3,19,20,21,22,23). The van der Waals surface area contributed by atoms with Crippen molar-refractivity contribution in [2.45, 2.75) is 6.92 Å². The average Bonchev–Trinajstić information content (AvgIpc) is 3.16. The van der Waals surface area contributed by atoms with Crippen molar-refractivity contribution in [1.82, 2.24) is 30.1 Å². The molecule has 0 saturated carbocycles. The number of nitrogens with one attached hydrogen (secondary N) is 4. The first kappa shape index (κ1) is 13.3. The molecule has 8 nitrogen and oxygen atoms in total. The molecule has 4 N–H and O–H groups in total. The number of anilines is 4. The van der Waals surface area contributed by atoms with E-state index in [4.69, 9.17) is 0 Å². The minimum Gasteiger partial charge on any atom is -0.345 e. The second-order valence-electron chi connectivity index (χ2n) is 5.11. The van der Waals surface area contributed by atoms with E-state index in [1.807, 2.05) is 31.2 Å². The Bertz CT molecular complexity index is 955. The zero-order chi connectivity index (χ0) is 15.6. The van der Waals surface area contributed by atoms with E-state index in [0.717, 1.165) is 22.4 Å². The van der Waals surface area contributed by atoms with Crippen LogP contribution in [0.5, 0.6) is 0 Å². The van der Waals surface area contributed by atoms with Gasteiger partial charge in [0.05, 0.1) is 29.8 Å². The van der Waals surface area contributed by atoms with Crippen molar-refractivity contribution < 1.29 is 0 Å². The monoisotopic (exact) mass is 306 g/mol. The van der Waals surface area contributed by atoms with Gasteiger partial charge in [-0.2, -0.15) is 5.10 Å². The molecule has 0 atom stereocenters. The summed E-state index contributed by atoms with van der Waals surface area (Å²) in [4.78, 5) is 15.9. The van der Waals surface area contributed by atoms with Gasteiger partial charge in [0, 0.05) is 17.4 Å². The number of nitrogens with zero attached hydrogens (tertiary/aromatic N) is 4. The normalized spacial score (nSPS) is 10.8. The Morgan fingerprint density at radius 1 is 1.00 bits per heavy atom. The predicted molar refractivity (Wildman–Crippen MR) is 88.0 cm³/mol. The fourth-order valence-corrected chi connectivity index (χ4v) is 2.26. The molecule has 0 saturated heterocycles. The minimum absolute atomic E-state index is 0.615. The second kappa shape index (κ2) is 5.41. The van der Waals surface area contributed by atoms with Crippen molar-refractivity contribution in [1.29, 1.82) is 0 Å². The summed E-state index contributed by atoms with van der Waals surface area (Å²) < 4.78 is 0. The molecule has 0 aliphatic rings. The van der Waals surface area contributed by atoms with Crippen molar-refractivity contribution in [3.8, 4) is 0 Å². The van der Waals surface area contributed by atoms with E-state index >= 15 is 0 Å². The topological polar surface area (TPSA) is 107 Å². The van der Waals surface area contributed by atoms with Gasteiger partial charge < -0.3 is 15.6 Å². The van der Waals surface area contributed by atoms with Gasteiger partial charge >= 0.3 is 0 Å². The van der Waals surface area contributed by atoms with Gasteiger partial charge in [-0.1, -0.05) is 0 Å². The Morgan fingerprint density at radius 2 is 1.87 bits per heavy atom. The van der Waals surface area contributed by atoms with E-state index in [9.17, 15) is 0 Å². The van der Waals surface area contributed by atoms with Crippen LogP contribution in [-0.2, 0) is 0 Å². The van der Waals surface area contributed by atoms with Crippen molar-refractivity contribution >= 4 is 34.2 Å². The number of hydrogen-bond acceptors (Lipinski definition) is 6. The Labute approximate surface area is 131 Å². The highest BCUT2D eigenvalue weighted by Crippen LogP contribution is 2.20. The lowest BCUT2D eigenvalue weighted by Crippen LogP contribution is -1.99. The number of aromatic nitrogens is 6. The van der Waals surface area contributed by atoms with Gasteiger partial charge in [-0.3, -0.25) is 10.1 Å². The molecule has 0 bridgehead atoms. The lowest BCUT2D eigenvalue weighted by atomic mass is 10.3. The summed E-state index contributed by atoms with van der Waals surface area (Å²) in [5.74, 6) is 1.96. The number of imidazole rings is 1. The molecule has 0 amide bonds. The van der Waals surface area contributed by atoms with Crippen LogP contribution in [0.4, 0.5) is 23.1 Å². The maximum Gasteiger partial charge on any atom is 0.153 e. The number of benzene rings is 1. The third-order valence-electron chi connectivity index (χ3n) is 3.29. The van der Waals surface area contributed by atoms with Crippen LogP contribution in [0.1, 0.15) is 5.69 Å². The number of hydrogen-bond donors (Lipinski definition) is 4. The van der Waals surface area contributed by atoms with Gasteiger partial charge in [-0.05, 0) is 25.1 Å². The summed E-state index contributed by atoms with van der Waals surface area (Å²) in [5.41, 5.74) is 3.77. The maximum absolute atomic E-state index is 4.48. The Morgan fingerprint density at radius 3 is 2.70 bits per heavy atom. The summed E-state index contributed by atoms with van der Waals surface area (Å²) in [5, 5.41) is 13.3. The average molecular weight is 306 g/mol. The molecule has 8 heteroatoms. The molecule has 0 aliphatic carbocycles. The fourth-order valence-electron chi connectivity index (χ4n) is 2.26. The molecule has 0 spiro atoms. The molecule has 23 heavy (non-hydrogen) atoms. The molecular weight excluding hydrogens is 292 g/mol. The van der Waals surface area contributed by atoms with E-state index in [-0.39, 0.29) is 0 Å². The largest absolute Gasteiger partial charge is 0.345 e. The molecular formula is C15H14N8. The molecule has 114 valence electrons. The number of aromatic amines is 2. The van der Waals surface area contributed by atoms with Crippen molar-refractivity contribution in [3.05, 3.63) is 48.7 Å². The molecule has 0 unspecified atom stereocenters. The number of aryl methyl sites for hydroxylation is 1. The van der Waals surface area contributed by atoms with E-state index in [0.29, 0.717) is 17.5 Å². The van der Waals surface area contributed by atoms with Crippen molar-refractivity contribution in [2.24, 2.45) is 0 Å². The molecule has 0 aliphatic heterocycles. The van der Waals surface area contributed by atoms with Crippen LogP contribution in [0.25, 0.3) is 11.0 Å². The molecule has 4 aromatic rings. The highest BCUT2D eigenvalue weighted by molar-refractivity contribution is 5.79. The Balaban J connectivity index is 1.55. The molecule has 3 aromatic heterocycles. The first-order valence-electron chi connectivity index (χ1n) is 7.07. The number of H-pyrrole nitrogens is 2. The third-order valence-corrected chi connectivity index (χ3v) is 3.29. The van der Waals surface area contributed by atoms with Crippen LogP contribution < -0.4 is 10.6 Å². The van der Waals surface area contributed by atoms with Gasteiger partial charge in [-0.15, -0.1) is 0 Å². The van der Waals surface area contributed by atoms with Gasteiger partial charge in [0.25, 0.3) is 0 Å². The second-order valence-corrected chi connectivity index (χ2v) is 5.11. The molecule has 0 fully saturated rings. The first-order valence-corrected chi connectivity index (χ1v) is 7.07. The Hall–Kier alpha value is -3.42. The summed E-state index contributed by atoms with van der Waals surface area (Å²) in [7, 11) is 0. The minimum atomic E-state index is 0.615. The lowest BCUT2D eigenvalue weighted by molar-refractivity contribution is 1.05. The number of fused-ring (bicyclic) bond motifs is 1. The van der Waals surface area contributed by atoms with Crippen LogP contribution in [0, 0.1) is 6.92 Å². The zero-order valence-electron chi connectivity index (χ0n) is 12.3. The Kier molecular flexibility index (Phi) is 3.12. The lowest BCUT2D eigenvalue weighted by Gasteiger charge is -2.07. The van der Waals surface area contributed by atoms with E-state index in [1.165, 1.54) is 0 Å². The van der Waals surface area contributed by atoms with Gasteiger partial charge in [0.1, 0.15) is 0 Å². The van der Waals surface area contributed by atoms with Crippen LogP contribution >= 0.6 is 0 Å². The van der Waals surface area contributed by atoms with Gasteiger partial charge in [0.2, 0.25) is 0 Å². The first-order chi connectivity index (χ1) is 11.3. The zero-order valence-corrected chi connectivity index (χ0v) is 12.3. The maximum atomic E-state index is 4.48. The summed E-state index contributed by atoms with van der Waals surface area (Å²) >= 11 is 0. The van der Waals surface area contributed by atoms with Crippen molar-refractivity contribution in [3.63, 3.8) is 0 Å². The van der Waals surface area contributed by atoms with Crippen LogP contribution in [0.3, 0.4) is 0 Å². The SMILES string of the molecule is Cc1cc(Nc2cncc(Nc3ccc4nc[nH]c4c3)n2)n[nH]1. The fraction of sp³-hybridized carbons (Fsp3) is 0.0667. The van der Waals surface area contributed by atoms with Gasteiger partial charge in [-0.25, -0.2) is 9.97 Å². The smallest absolute Gasteiger partial charge is 0.153 e. The summed E-state index contributed by atoms with van der Waals surface area (Å²) in [6, 6.07) is 7.76. The predicted octanol–water partition coefficient (Wildman–Crippen LogP) is 2.87. The van der Waals surface area contributed by atoms with Crippen LogP contribution in [-0.4, -0.2) is 30.1 Å². The molecule has 4 rings (SSSR count). The number of rotatable bonds is 4. The summed E-state index contributed by atoms with van der Waals surface area (Å²) in [6.07, 6.45) is 4.98. The van der Waals surface area contributed by atoms with Crippen LogP contribution in [0.15, 0.2) is 43.0 Å². The molecule has 1 aromatic carbocycles. The highest BCUT2D eigenvalue weighted by atomic mass is 15.2. The van der Waals surface area contributed by atoms with Crippen molar-refractivity contribution in [2.75, 3.05) is 10.6 Å². The van der Waals surface area contributed by atoms with Gasteiger partial charge in [0.15, 0.2) is 17.5 Å². The third kappa shape index (κ3) is 2.82. The van der Waals surface area contributed by atoms with E-state index in [1.54, 1.807) is 18.7 Å². The van der Waals surface area contributed by atoms with Crippen LogP contribution in [0.2, 0.25) is 0 Å². The molecule has 0 radical (unpaired) electrons.